The average molecular weight is 222 g/mol. The molecule has 3 saturated heterocycles. The lowest BCUT2D eigenvalue weighted by molar-refractivity contribution is 0.224. The van der Waals surface area contributed by atoms with Crippen molar-refractivity contribution in [3.63, 3.8) is 0 Å². The van der Waals surface area contributed by atoms with Crippen LogP contribution in [0, 0.1) is 5.82 Å². The van der Waals surface area contributed by atoms with Gasteiger partial charge in [-0.25, -0.2) is 14.4 Å². The monoisotopic (exact) mass is 222 g/mol. The molecule has 1 aromatic rings. The number of hydrogen-bond acceptors (Lipinski definition) is 4. The summed E-state index contributed by atoms with van der Waals surface area (Å²) >= 11 is 0. The summed E-state index contributed by atoms with van der Waals surface area (Å²) in [6, 6.07) is 1.02. The number of fused-ring (bicyclic) bond motifs is 2. The summed E-state index contributed by atoms with van der Waals surface area (Å²) in [6.07, 6.45) is 3.29. The highest BCUT2D eigenvalue weighted by molar-refractivity contribution is 5.43. The minimum absolute atomic E-state index is 0.244. The van der Waals surface area contributed by atoms with Gasteiger partial charge in [0.15, 0.2) is 11.6 Å². The van der Waals surface area contributed by atoms with Crippen LogP contribution in [0.25, 0.3) is 0 Å². The Kier molecular flexibility index (Phi) is 2.28. The fraction of sp³-hybridized carbons (Fsp3) is 0.636. The minimum atomic E-state index is -0.244. The van der Waals surface area contributed by atoms with Gasteiger partial charge in [0.05, 0.1) is 5.69 Å². The van der Waals surface area contributed by atoms with Crippen LogP contribution in [0.3, 0.4) is 0 Å². The van der Waals surface area contributed by atoms with Crippen LogP contribution in [-0.2, 0) is 6.42 Å². The number of nitrogens with one attached hydrogen (secondary N) is 1. The van der Waals surface area contributed by atoms with Gasteiger partial charge in [-0.15, -0.1) is 0 Å². The van der Waals surface area contributed by atoms with E-state index in [1.54, 1.807) is 0 Å². The van der Waals surface area contributed by atoms with Crippen molar-refractivity contribution in [2.24, 2.45) is 0 Å². The molecule has 2 unspecified atom stereocenters. The molecule has 5 heteroatoms. The number of rotatable bonds is 2. The second-order valence-corrected chi connectivity index (χ2v) is 4.51. The van der Waals surface area contributed by atoms with Gasteiger partial charge in [-0.05, 0) is 12.8 Å². The molecule has 4 heterocycles. The fourth-order valence-electron chi connectivity index (χ4n) is 2.55. The molecule has 0 aromatic carbocycles. The van der Waals surface area contributed by atoms with Gasteiger partial charge < -0.3 is 10.2 Å². The van der Waals surface area contributed by atoms with Crippen molar-refractivity contribution < 1.29 is 4.39 Å². The van der Waals surface area contributed by atoms with E-state index in [0.717, 1.165) is 13.1 Å². The number of aromatic nitrogens is 2. The Morgan fingerprint density at radius 1 is 1.44 bits per heavy atom. The molecule has 86 valence electrons. The Hall–Kier alpha value is -1.23. The van der Waals surface area contributed by atoms with Crippen LogP contribution in [0.15, 0.2) is 6.33 Å². The number of halogens is 1. The van der Waals surface area contributed by atoms with Crippen molar-refractivity contribution in [2.75, 3.05) is 18.0 Å². The molecule has 0 aliphatic carbocycles. The first-order valence-corrected chi connectivity index (χ1v) is 5.78. The van der Waals surface area contributed by atoms with E-state index >= 15 is 0 Å². The van der Waals surface area contributed by atoms with E-state index in [9.17, 15) is 4.39 Å². The van der Waals surface area contributed by atoms with Crippen LogP contribution >= 0.6 is 0 Å². The molecule has 0 saturated carbocycles. The first-order valence-electron chi connectivity index (χ1n) is 5.78. The largest absolute Gasteiger partial charge is 0.351 e. The van der Waals surface area contributed by atoms with Crippen molar-refractivity contribution in [2.45, 2.75) is 31.8 Å². The highest BCUT2D eigenvalue weighted by Gasteiger charge is 2.37. The Labute approximate surface area is 93.9 Å². The van der Waals surface area contributed by atoms with Gasteiger partial charge in [0, 0.05) is 25.2 Å². The second kappa shape index (κ2) is 3.66. The zero-order valence-electron chi connectivity index (χ0n) is 9.28. The van der Waals surface area contributed by atoms with Gasteiger partial charge in [0.2, 0.25) is 0 Å². The molecule has 0 spiro atoms. The SMILES string of the molecule is CCc1ncnc(N2CC3CC(C2)N3)c1F. The predicted octanol–water partition coefficient (Wildman–Crippen LogP) is 0.729. The van der Waals surface area contributed by atoms with Crippen LogP contribution in [0.1, 0.15) is 19.0 Å². The molecule has 4 rings (SSSR count). The lowest BCUT2D eigenvalue weighted by Crippen LogP contribution is -2.67. The van der Waals surface area contributed by atoms with Crippen molar-refractivity contribution in [1.82, 2.24) is 15.3 Å². The molecular formula is C11H15FN4. The van der Waals surface area contributed by atoms with Gasteiger partial charge in [0.25, 0.3) is 0 Å². The first kappa shape index (κ1) is 9.96. The van der Waals surface area contributed by atoms with E-state index < -0.39 is 0 Å². The molecule has 2 atom stereocenters. The van der Waals surface area contributed by atoms with Crippen LogP contribution in [-0.4, -0.2) is 35.1 Å². The van der Waals surface area contributed by atoms with Crippen molar-refractivity contribution in [1.29, 1.82) is 0 Å². The maximum absolute atomic E-state index is 14.0. The Morgan fingerprint density at radius 3 is 2.75 bits per heavy atom. The summed E-state index contributed by atoms with van der Waals surface area (Å²) in [5.41, 5.74) is 0.511. The predicted molar refractivity (Wildman–Crippen MR) is 58.9 cm³/mol. The number of anilines is 1. The second-order valence-electron chi connectivity index (χ2n) is 4.51. The normalized spacial score (nSPS) is 27.8. The van der Waals surface area contributed by atoms with Gasteiger partial charge in [0.1, 0.15) is 6.33 Å². The standard InChI is InChI=1S/C11H15FN4/c1-2-9-10(12)11(14-6-13-9)16-4-7-3-8(5-16)15-7/h6-8,15H,2-5H2,1H3. The van der Waals surface area contributed by atoms with Gasteiger partial charge in [-0.1, -0.05) is 6.92 Å². The van der Waals surface area contributed by atoms with E-state index in [4.69, 9.17) is 0 Å². The molecule has 3 aliphatic heterocycles. The van der Waals surface area contributed by atoms with Crippen molar-refractivity contribution in [3.8, 4) is 0 Å². The van der Waals surface area contributed by atoms with E-state index in [0.29, 0.717) is 30.0 Å². The Morgan fingerprint density at radius 2 is 2.12 bits per heavy atom. The van der Waals surface area contributed by atoms with E-state index in [1.165, 1.54) is 12.7 Å². The smallest absolute Gasteiger partial charge is 0.187 e. The van der Waals surface area contributed by atoms with Crippen LogP contribution in [0.2, 0.25) is 0 Å². The summed E-state index contributed by atoms with van der Waals surface area (Å²) in [7, 11) is 0. The molecule has 0 amide bonds. The fourth-order valence-corrected chi connectivity index (χ4v) is 2.55. The number of aryl methyl sites for hydroxylation is 1. The van der Waals surface area contributed by atoms with Crippen LogP contribution in [0.5, 0.6) is 0 Å². The molecule has 1 aromatic heterocycles. The van der Waals surface area contributed by atoms with Crippen molar-refractivity contribution >= 4 is 5.82 Å². The highest BCUT2D eigenvalue weighted by Crippen LogP contribution is 2.27. The van der Waals surface area contributed by atoms with E-state index in [-0.39, 0.29) is 5.82 Å². The van der Waals surface area contributed by atoms with Crippen LogP contribution < -0.4 is 10.2 Å². The average Bonchev–Trinajstić information content (AvgIpc) is 2.28. The molecule has 4 nitrogen and oxygen atoms in total. The number of piperazine rings is 1. The number of piperidine rings is 1. The van der Waals surface area contributed by atoms with Gasteiger partial charge >= 0.3 is 0 Å². The third kappa shape index (κ3) is 1.46. The number of hydrogen-bond donors (Lipinski definition) is 1. The molecule has 0 radical (unpaired) electrons. The maximum atomic E-state index is 14.0. The van der Waals surface area contributed by atoms with E-state index in [1.807, 2.05) is 11.8 Å². The Bertz CT molecular complexity index is 393. The van der Waals surface area contributed by atoms with Gasteiger partial charge in [-0.2, -0.15) is 0 Å². The van der Waals surface area contributed by atoms with E-state index in [2.05, 4.69) is 15.3 Å². The van der Waals surface area contributed by atoms with Crippen molar-refractivity contribution in [3.05, 3.63) is 17.8 Å². The summed E-state index contributed by atoms with van der Waals surface area (Å²) in [4.78, 5) is 10.1. The summed E-state index contributed by atoms with van der Waals surface area (Å²) in [5.74, 6) is 0.231. The number of nitrogens with zero attached hydrogens (tertiary/aromatic N) is 3. The quantitative estimate of drug-likeness (QED) is 0.801. The molecule has 1 N–H and O–H groups in total. The Balaban J connectivity index is 1.88. The first-order chi connectivity index (χ1) is 7.78. The zero-order chi connectivity index (χ0) is 11.1. The highest BCUT2D eigenvalue weighted by atomic mass is 19.1. The topological polar surface area (TPSA) is 41.1 Å². The van der Waals surface area contributed by atoms with Gasteiger partial charge in [-0.3, -0.25) is 0 Å². The summed E-state index contributed by atoms with van der Waals surface area (Å²) in [5, 5.41) is 3.42. The lowest BCUT2D eigenvalue weighted by Gasteiger charge is -2.48. The summed E-state index contributed by atoms with van der Waals surface area (Å²) < 4.78 is 14.0. The molecule has 3 fully saturated rings. The molecule has 2 bridgehead atoms. The lowest BCUT2D eigenvalue weighted by atomic mass is 9.91. The maximum Gasteiger partial charge on any atom is 0.187 e. The minimum Gasteiger partial charge on any atom is -0.351 e. The molecule has 16 heavy (non-hydrogen) atoms. The zero-order valence-corrected chi connectivity index (χ0v) is 9.28. The molecular weight excluding hydrogens is 207 g/mol. The molecule has 3 aliphatic rings. The summed E-state index contributed by atoms with van der Waals surface area (Å²) in [6.45, 7) is 3.62. The third-order valence-corrected chi connectivity index (χ3v) is 3.40. The van der Waals surface area contributed by atoms with Crippen LogP contribution in [0.4, 0.5) is 10.2 Å². The third-order valence-electron chi connectivity index (χ3n) is 3.40.